The third kappa shape index (κ3) is 3.77. The molecule has 1 unspecified atom stereocenters. The smallest absolute Gasteiger partial charge is 0.159 e. The first-order valence-electron chi connectivity index (χ1n) is 7.99. The van der Waals surface area contributed by atoms with Gasteiger partial charge >= 0.3 is 0 Å². The minimum absolute atomic E-state index is 0.115. The fraction of sp³-hybridized carbons (Fsp3) is 0.368. The lowest BCUT2D eigenvalue weighted by atomic mass is 9.87. The van der Waals surface area contributed by atoms with Crippen LogP contribution in [-0.4, -0.2) is 29.7 Å². The van der Waals surface area contributed by atoms with Crippen LogP contribution in [0.1, 0.15) is 23.5 Å². The second-order valence-corrected chi connectivity index (χ2v) is 6.23. The van der Waals surface area contributed by atoms with Gasteiger partial charge in [0.05, 0.1) is 0 Å². The predicted octanol–water partition coefficient (Wildman–Crippen LogP) is 3.56. The van der Waals surface area contributed by atoms with E-state index in [0.717, 1.165) is 25.2 Å². The zero-order valence-electron chi connectivity index (χ0n) is 13.0. The molecule has 0 amide bonds. The number of rotatable bonds is 5. The van der Waals surface area contributed by atoms with Crippen LogP contribution < -0.4 is 0 Å². The topological polar surface area (TPSA) is 23.5 Å². The van der Waals surface area contributed by atoms with Crippen LogP contribution in [0.25, 0.3) is 0 Å². The molecule has 23 heavy (non-hydrogen) atoms. The molecule has 0 spiro atoms. The van der Waals surface area contributed by atoms with Crippen molar-refractivity contribution < 1.29 is 13.9 Å². The minimum Gasteiger partial charge on any atom is -0.396 e. The number of hydrogen-bond acceptors (Lipinski definition) is 2. The van der Waals surface area contributed by atoms with Crippen molar-refractivity contribution in [2.24, 2.45) is 5.92 Å². The molecule has 1 saturated heterocycles. The van der Waals surface area contributed by atoms with E-state index in [1.807, 2.05) is 18.2 Å². The summed E-state index contributed by atoms with van der Waals surface area (Å²) in [4.78, 5) is 2.32. The standard InChI is InChI=1S/C19H21F2NO/c20-18-7-6-15(10-19(18)21)17-13-22(12-16(17)8-9-23)11-14-4-2-1-3-5-14/h1-7,10,16-17,23H,8-9,11-13H2/t16?,17-/m0/s1. The van der Waals surface area contributed by atoms with E-state index in [-0.39, 0.29) is 18.4 Å². The van der Waals surface area contributed by atoms with Gasteiger partial charge in [0.1, 0.15) is 0 Å². The Balaban J connectivity index is 1.76. The normalized spacial score (nSPS) is 21.7. The lowest BCUT2D eigenvalue weighted by molar-refractivity contribution is 0.246. The Morgan fingerprint density at radius 1 is 1.00 bits per heavy atom. The molecule has 1 heterocycles. The molecule has 1 N–H and O–H groups in total. The molecule has 122 valence electrons. The molecule has 1 aliphatic rings. The summed E-state index contributed by atoms with van der Waals surface area (Å²) in [5, 5.41) is 9.31. The average Bonchev–Trinajstić information content (AvgIpc) is 2.94. The van der Waals surface area contributed by atoms with Crippen LogP contribution in [0, 0.1) is 17.6 Å². The van der Waals surface area contributed by atoms with Crippen molar-refractivity contribution in [2.45, 2.75) is 18.9 Å². The third-order valence-electron chi connectivity index (χ3n) is 4.64. The Morgan fingerprint density at radius 2 is 1.78 bits per heavy atom. The number of aliphatic hydroxyl groups excluding tert-OH is 1. The molecule has 2 nitrogen and oxygen atoms in total. The van der Waals surface area contributed by atoms with E-state index in [1.165, 1.54) is 17.7 Å². The van der Waals surface area contributed by atoms with E-state index in [1.54, 1.807) is 6.07 Å². The molecule has 0 saturated carbocycles. The Bertz CT molecular complexity index is 647. The zero-order chi connectivity index (χ0) is 16.2. The molecule has 0 aromatic heterocycles. The number of hydrogen-bond donors (Lipinski definition) is 1. The maximum Gasteiger partial charge on any atom is 0.159 e. The van der Waals surface area contributed by atoms with Crippen LogP contribution in [0.15, 0.2) is 48.5 Å². The van der Waals surface area contributed by atoms with Gasteiger partial charge in [-0.1, -0.05) is 36.4 Å². The summed E-state index contributed by atoms with van der Waals surface area (Å²) in [6.45, 7) is 2.61. The molecule has 0 aliphatic carbocycles. The summed E-state index contributed by atoms with van der Waals surface area (Å²) in [5.41, 5.74) is 2.05. The van der Waals surface area contributed by atoms with E-state index in [0.29, 0.717) is 6.42 Å². The fourth-order valence-electron chi connectivity index (χ4n) is 3.51. The van der Waals surface area contributed by atoms with Gasteiger partial charge in [-0.15, -0.1) is 0 Å². The number of aliphatic hydroxyl groups is 1. The zero-order valence-corrected chi connectivity index (χ0v) is 13.0. The van der Waals surface area contributed by atoms with Gasteiger partial charge in [0.25, 0.3) is 0 Å². The highest BCUT2D eigenvalue weighted by molar-refractivity contribution is 5.25. The van der Waals surface area contributed by atoms with Crippen LogP contribution in [0.3, 0.4) is 0 Å². The van der Waals surface area contributed by atoms with Crippen LogP contribution in [0.5, 0.6) is 0 Å². The highest BCUT2D eigenvalue weighted by atomic mass is 19.2. The Morgan fingerprint density at radius 3 is 2.48 bits per heavy atom. The first-order chi connectivity index (χ1) is 11.2. The highest BCUT2D eigenvalue weighted by Gasteiger charge is 2.33. The molecule has 0 radical (unpaired) electrons. The second kappa shape index (κ2) is 7.20. The van der Waals surface area contributed by atoms with Crippen molar-refractivity contribution in [1.29, 1.82) is 0 Å². The monoisotopic (exact) mass is 317 g/mol. The van der Waals surface area contributed by atoms with Gasteiger partial charge in [-0.25, -0.2) is 8.78 Å². The third-order valence-corrected chi connectivity index (χ3v) is 4.64. The van der Waals surface area contributed by atoms with E-state index in [2.05, 4.69) is 17.0 Å². The van der Waals surface area contributed by atoms with Gasteiger partial charge in [-0.3, -0.25) is 4.90 Å². The summed E-state index contributed by atoms with van der Waals surface area (Å²) in [5.74, 6) is -1.23. The summed E-state index contributed by atoms with van der Waals surface area (Å²) in [6, 6.07) is 14.4. The average molecular weight is 317 g/mol. The summed E-state index contributed by atoms with van der Waals surface area (Å²) in [7, 11) is 0. The maximum atomic E-state index is 13.6. The Hall–Kier alpha value is -1.78. The fourth-order valence-corrected chi connectivity index (χ4v) is 3.51. The molecule has 4 heteroatoms. The van der Waals surface area contributed by atoms with Gasteiger partial charge in [-0.05, 0) is 35.6 Å². The lowest BCUT2D eigenvalue weighted by Crippen LogP contribution is -2.20. The van der Waals surface area contributed by atoms with Crippen molar-refractivity contribution in [3.63, 3.8) is 0 Å². The Labute approximate surface area is 135 Å². The first-order valence-corrected chi connectivity index (χ1v) is 7.99. The van der Waals surface area contributed by atoms with Gasteiger partial charge in [-0.2, -0.15) is 0 Å². The molecule has 1 aliphatic heterocycles. The van der Waals surface area contributed by atoms with Gasteiger partial charge < -0.3 is 5.11 Å². The Kier molecular flexibility index (Phi) is 5.03. The van der Waals surface area contributed by atoms with Gasteiger partial charge in [0, 0.05) is 32.2 Å². The molecule has 1 fully saturated rings. The second-order valence-electron chi connectivity index (χ2n) is 6.23. The quantitative estimate of drug-likeness (QED) is 0.911. The van der Waals surface area contributed by atoms with Crippen molar-refractivity contribution in [3.05, 3.63) is 71.3 Å². The minimum atomic E-state index is -0.813. The summed E-state index contributed by atoms with van der Waals surface area (Å²) < 4.78 is 26.7. The van der Waals surface area contributed by atoms with Crippen LogP contribution in [-0.2, 0) is 6.54 Å². The van der Waals surface area contributed by atoms with Crippen LogP contribution in [0.4, 0.5) is 8.78 Å². The molecule has 2 aromatic carbocycles. The van der Waals surface area contributed by atoms with E-state index < -0.39 is 11.6 Å². The van der Waals surface area contributed by atoms with Gasteiger partial charge in [0.2, 0.25) is 0 Å². The van der Waals surface area contributed by atoms with Crippen molar-refractivity contribution in [2.75, 3.05) is 19.7 Å². The molecule has 2 aromatic rings. The molecule has 2 atom stereocenters. The van der Waals surface area contributed by atoms with Crippen molar-refractivity contribution >= 4 is 0 Å². The van der Waals surface area contributed by atoms with Gasteiger partial charge in [0.15, 0.2) is 11.6 Å². The summed E-state index contributed by atoms with van der Waals surface area (Å²) in [6.07, 6.45) is 0.676. The molecule has 3 rings (SSSR count). The predicted molar refractivity (Wildman–Crippen MR) is 86.0 cm³/mol. The number of halogens is 2. The van der Waals surface area contributed by atoms with E-state index >= 15 is 0 Å². The molecular weight excluding hydrogens is 296 g/mol. The van der Waals surface area contributed by atoms with Crippen molar-refractivity contribution in [3.8, 4) is 0 Å². The SMILES string of the molecule is OCCC1CN(Cc2ccccc2)C[C@H]1c1ccc(F)c(F)c1. The van der Waals surface area contributed by atoms with Crippen LogP contribution in [0.2, 0.25) is 0 Å². The summed E-state index contributed by atoms with van der Waals surface area (Å²) >= 11 is 0. The molecular formula is C19H21F2NO. The maximum absolute atomic E-state index is 13.6. The molecule has 0 bridgehead atoms. The van der Waals surface area contributed by atoms with E-state index in [9.17, 15) is 13.9 Å². The number of likely N-dealkylation sites (tertiary alicyclic amines) is 1. The van der Waals surface area contributed by atoms with E-state index in [4.69, 9.17) is 0 Å². The first kappa shape index (κ1) is 16.1. The number of nitrogens with zero attached hydrogens (tertiary/aromatic N) is 1. The largest absolute Gasteiger partial charge is 0.396 e. The number of benzene rings is 2. The van der Waals surface area contributed by atoms with Crippen molar-refractivity contribution in [1.82, 2.24) is 4.90 Å². The highest BCUT2D eigenvalue weighted by Crippen LogP contribution is 2.35. The van der Waals surface area contributed by atoms with Crippen LogP contribution >= 0.6 is 0 Å². The lowest BCUT2D eigenvalue weighted by Gasteiger charge is -2.18.